The van der Waals surface area contributed by atoms with E-state index in [-0.39, 0.29) is 0 Å². The van der Waals surface area contributed by atoms with Crippen LogP contribution in [-0.4, -0.2) is 0 Å². The van der Waals surface area contributed by atoms with E-state index in [1.54, 1.807) is 25.7 Å². The fraction of sp³-hybridized carbons (Fsp3) is 1.00. The maximum atomic E-state index is 1.56. The zero-order chi connectivity index (χ0) is 10.3. The molecule has 2 rings (SSSR count). The molecule has 0 amide bonds. The standard InChI is InChI=1S/C15H28/c1-2-4-6-8-10-14-12-13-15(14)11-9-7-5-3-1/h14-15H,1-13H2. The molecule has 88 valence electrons. The first kappa shape index (κ1) is 11.5. The van der Waals surface area contributed by atoms with Crippen molar-refractivity contribution in [1.29, 1.82) is 0 Å². The van der Waals surface area contributed by atoms with Gasteiger partial charge in [0.1, 0.15) is 0 Å². The van der Waals surface area contributed by atoms with Crippen molar-refractivity contribution < 1.29 is 0 Å². The van der Waals surface area contributed by atoms with Crippen molar-refractivity contribution in [1.82, 2.24) is 0 Å². The predicted molar refractivity (Wildman–Crippen MR) is 67.0 cm³/mol. The van der Waals surface area contributed by atoms with Crippen molar-refractivity contribution in [3.8, 4) is 0 Å². The molecule has 0 aliphatic heterocycles. The Bertz CT molecular complexity index is 143. The molecule has 2 atom stereocenters. The summed E-state index contributed by atoms with van der Waals surface area (Å²) >= 11 is 0. The summed E-state index contributed by atoms with van der Waals surface area (Å²) in [5.41, 5.74) is 0. The molecule has 0 heteroatoms. The van der Waals surface area contributed by atoms with Crippen molar-refractivity contribution in [2.45, 2.75) is 83.5 Å². The van der Waals surface area contributed by atoms with Gasteiger partial charge in [-0.25, -0.2) is 0 Å². The Morgan fingerprint density at radius 1 is 0.333 bits per heavy atom. The highest BCUT2D eigenvalue weighted by Crippen LogP contribution is 2.41. The molecule has 2 aliphatic rings. The first-order chi connectivity index (χ1) is 7.47. The van der Waals surface area contributed by atoms with E-state index in [0.29, 0.717) is 0 Å². The minimum Gasteiger partial charge on any atom is -0.0533 e. The van der Waals surface area contributed by atoms with Crippen LogP contribution in [0.25, 0.3) is 0 Å². The highest BCUT2D eigenvalue weighted by molar-refractivity contribution is 4.80. The van der Waals surface area contributed by atoms with Crippen molar-refractivity contribution >= 4 is 0 Å². The summed E-state index contributed by atoms with van der Waals surface area (Å²) in [7, 11) is 0. The maximum absolute atomic E-state index is 1.56. The largest absolute Gasteiger partial charge is 0.0533 e. The van der Waals surface area contributed by atoms with Crippen LogP contribution in [0.4, 0.5) is 0 Å². The van der Waals surface area contributed by atoms with Gasteiger partial charge in [0.15, 0.2) is 0 Å². The van der Waals surface area contributed by atoms with Crippen LogP contribution in [-0.2, 0) is 0 Å². The second-order valence-corrected chi connectivity index (χ2v) is 5.86. The SMILES string of the molecule is C1CCCCCC2CCC2CCCCC1. The molecule has 0 bridgehead atoms. The minimum atomic E-state index is 1.14. The molecular formula is C15H28. The second-order valence-electron chi connectivity index (χ2n) is 5.86. The fourth-order valence-corrected chi connectivity index (χ4v) is 3.45. The van der Waals surface area contributed by atoms with Crippen LogP contribution in [0.5, 0.6) is 0 Å². The van der Waals surface area contributed by atoms with Gasteiger partial charge in [0.05, 0.1) is 0 Å². The summed E-state index contributed by atoms with van der Waals surface area (Å²) in [6.45, 7) is 0. The quantitative estimate of drug-likeness (QED) is 0.505. The molecule has 0 aromatic rings. The molecule has 2 aliphatic carbocycles. The molecule has 0 radical (unpaired) electrons. The van der Waals surface area contributed by atoms with Crippen molar-refractivity contribution in [2.24, 2.45) is 11.8 Å². The van der Waals surface area contributed by atoms with E-state index >= 15 is 0 Å². The lowest BCUT2D eigenvalue weighted by Crippen LogP contribution is -2.25. The van der Waals surface area contributed by atoms with Gasteiger partial charge in [-0.05, 0) is 24.7 Å². The summed E-state index contributed by atoms with van der Waals surface area (Å²) in [4.78, 5) is 0. The minimum absolute atomic E-state index is 1.14. The Morgan fingerprint density at radius 2 is 0.667 bits per heavy atom. The second kappa shape index (κ2) is 6.55. The molecular weight excluding hydrogens is 180 g/mol. The predicted octanol–water partition coefficient (Wildman–Crippen LogP) is 5.32. The summed E-state index contributed by atoms with van der Waals surface area (Å²) in [6.07, 6.45) is 19.9. The lowest BCUT2D eigenvalue weighted by Gasteiger charge is -2.37. The van der Waals surface area contributed by atoms with E-state index in [9.17, 15) is 0 Å². The van der Waals surface area contributed by atoms with E-state index in [2.05, 4.69) is 0 Å². The molecule has 0 saturated heterocycles. The van der Waals surface area contributed by atoms with Crippen LogP contribution in [0.3, 0.4) is 0 Å². The molecule has 0 heterocycles. The average molecular weight is 208 g/mol. The highest BCUT2D eigenvalue weighted by atomic mass is 14.3. The first-order valence-corrected chi connectivity index (χ1v) is 7.47. The third-order valence-electron chi connectivity index (χ3n) is 4.72. The van der Waals surface area contributed by atoms with Gasteiger partial charge < -0.3 is 0 Å². The lowest BCUT2D eigenvalue weighted by atomic mass is 9.69. The zero-order valence-corrected chi connectivity index (χ0v) is 10.3. The number of hydrogen-bond acceptors (Lipinski definition) is 0. The average Bonchev–Trinajstić information content (AvgIpc) is 2.23. The van der Waals surface area contributed by atoms with Gasteiger partial charge in [-0.1, -0.05) is 70.6 Å². The third kappa shape index (κ3) is 3.81. The van der Waals surface area contributed by atoms with Crippen LogP contribution in [0.15, 0.2) is 0 Å². The maximum Gasteiger partial charge on any atom is -0.0386 e. The van der Waals surface area contributed by atoms with Crippen molar-refractivity contribution in [2.75, 3.05) is 0 Å². The van der Waals surface area contributed by atoms with Crippen LogP contribution in [0, 0.1) is 11.8 Å². The van der Waals surface area contributed by atoms with Gasteiger partial charge in [0, 0.05) is 0 Å². The Kier molecular flexibility index (Phi) is 5.02. The van der Waals surface area contributed by atoms with Crippen LogP contribution in [0.1, 0.15) is 83.5 Å². The van der Waals surface area contributed by atoms with Gasteiger partial charge >= 0.3 is 0 Å². The molecule has 0 N–H and O–H groups in total. The third-order valence-corrected chi connectivity index (χ3v) is 4.72. The molecule has 2 fully saturated rings. The van der Waals surface area contributed by atoms with Gasteiger partial charge in [0.2, 0.25) is 0 Å². The molecule has 15 heavy (non-hydrogen) atoms. The monoisotopic (exact) mass is 208 g/mol. The molecule has 0 spiro atoms. The van der Waals surface area contributed by atoms with Crippen molar-refractivity contribution in [3.63, 3.8) is 0 Å². The Balaban J connectivity index is 1.69. The fourth-order valence-electron chi connectivity index (χ4n) is 3.45. The summed E-state index contributed by atoms with van der Waals surface area (Å²) in [5.74, 6) is 2.29. The topological polar surface area (TPSA) is 0 Å². The van der Waals surface area contributed by atoms with E-state index in [0.717, 1.165) is 11.8 Å². The Hall–Kier alpha value is 0. The Morgan fingerprint density at radius 3 is 1.00 bits per heavy atom. The Labute approximate surface area is 95.8 Å². The van der Waals surface area contributed by atoms with E-state index in [1.165, 1.54) is 57.8 Å². The summed E-state index contributed by atoms with van der Waals surface area (Å²) in [6, 6.07) is 0. The zero-order valence-electron chi connectivity index (χ0n) is 10.3. The van der Waals surface area contributed by atoms with E-state index in [1.807, 2.05) is 0 Å². The highest BCUT2D eigenvalue weighted by Gasteiger charge is 2.29. The summed E-state index contributed by atoms with van der Waals surface area (Å²) in [5, 5.41) is 0. The summed E-state index contributed by atoms with van der Waals surface area (Å²) < 4.78 is 0. The first-order valence-electron chi connectivity index (χ1n) is 7.47. The molecule has 0 aromatic heterocycles. The number of hydrogen-bond donors (Lipinski definition) is 0. The smallest absolute Gasteiger partial charge is 0.0386 e. The number of rotatable bonds is 0. The van der Waals surface area contributed by atoms with Crippen LogP contribution >= 0.6 is 0 Å². The normalized spacial score (nSPS) is 35.2. The molecule has 0 nitrogen and oxygen atoms in total. The molecule has 2 unspecified atom stereocenters. The van der Waals surface area contributed by atoms with Gasteiger partial charge in [-0.3, -0.25) is 0 Å². The van der Waals surface area contributed by atoms with E-state index in [4.69, 9.17) is 0 Å². The molecule has 2 saturated carbocycles. The lowest BCUT2D eigenvalue weighted by molar-refractivity contribution is 0.145. The number of fused-ring (bicyclic) bond motifs is 1. The van der Waals surface area contributed by atoms with Gasteiger partial charge in [-0.15, -0.1) is 0 Å². The van der Waals surface area contributed by atoms with Crippen LogP contribution in [0.2, 0.25) is 0 Å². The van der Waals surface area contributed by atoms with Gasteiger partial charge in [-0.2, -0.15) is 0 Å². The molecule has 0 aromatic carbocycles. The van der Waals surface area contributed by atoms with E-state index < -0.39 is 0 Å². The van der Waals surface area contributed by atoms with Gasteiger partial charge in [0.25, 0.3) is 0 Å². The van der Waals surface area contributed by atoms with Crippen molar-refractivity contribution in [3.05, 3.63) is 0 Å². The van der Waals surface area contributed by atoms with Crippen LogP contribution < -0.4 is 0 Å².